The third-order valence-corrected chi connectivity index (χ3v) is 9.01. The van der Waals surface area contributed by atoms with Gasteiger partial charge in [-0.25, -0.2) is 4.18 Å². The summed E-state index contributed by atoms with van der Waals surface area (Å²) >= 11 is 0. The van der Waals surface area contributed by atoms with Gasteiger partial charge >= 0.3 is 10.4 Å². The average molecular weight is 591 g/mol. The molecule has 4 heterocycles. The Morgan fingerprint density at radius 1 is 1.10 bits per heavy atom. The van der Waals surface area contributed by atoms with Crippen molar-refractivity contribution in [3.63, 3.8) is 0 Å². The van der Waals surface area contributed by atoms with Gasteiger partial charge in [-0.15, -0.1) is 6.58 Å². The Hall–Kier alpha value is -2.04. The van der Waals surface area contributed by atoms with Crippen LogP contribution in [0.2, 0.25) is 0 Å². The molecule has 0 saturated carbocycles. The van der Waals surface area contributed by atoms with E-state index in [1.54, 1.807) is 13.3 Å². The molecule has 5 rings (SSSR count). The van der Waals surface area contributed by atoms with Gasteiger partial charge in [-0.1, -0.05) is 70.8 Å². The molecule has 3 aliphatic rings. The smallest absolute Gasteiger partial charge is 0.397 e. The van der Waals surface area contributed by atoms with Gasteiger partial charge in [0.25, 0.3) is 0 Å². The molecule has 0 radical (unpaired) electrons. The molecule has 0 amide bonds. The fourth-order valence-electron chi connectivity index (χ4n) is 6.20. The number of pyridine rings is 1. The predicted molar refractivity (Wildman–Crippen MR) is 164 cm³/mol. The second-order valence-electron chi connectivity index (χ2n) is 11.4. The summed E-state index contributed by atoms with van der Waals surface area (Å²) in [5, 5.41) is 12.1. The minimum atomic E-state index is -4.23. The van der Waals surface area contributed by atoms with Crippen LogP contribution in [0.4, 0.5) is 0 Å². The molecule has 2 N–H and O–H groups in total. The molecule has 41 heavy (non-hydrogen) atoms. The number of aliphatic hydroxyl groups excluding tert-OH is 1. The first-order chi connectivity index (χ1) is 19.8. The lowest BCUT2D eigenvalue weighted by Crippen LogP contribution is -2.54. The third-order valence-electron chi connectivity index (χ3n) is 8.55. The minimum Gasteiger partial charge on any atom is -0.497 e. The quantitative estimate of drug-likeness (QED) is 0.123. The molecule has 3 saturated heterocycles. The van der Waals surface area contributed by atoms with Crippen LogP contribution in [-0.4, -0.2) is 60.8 Å². The number of benzene rings is 1. The highest BCUT2D eigenvalue weighted by molar-refractivity contribution is 7.80. The number of piperidine rings is 3. The van der Waals surface area contributed by atoms with Gasteiger partial charge in [0.2, 0.25) is 0 Å². The summed E-state index contributed by atoms with van der Waals surface area (Å²) in [6.45, 7) is 8.38. The normalized spacial score (nSPS) is 22.6. The highest BCUT2D eigenvalue weighted by Crippen LogP contribution is 2.42. The number of methoxy groups -OCH3 is 1. The van der Waals surface area contributed by atoms with E-state index in [1.807, 2.05) is 24.3 Å². The molecule has 1 aromatic heterocycles. The molecule has 1 aromatic carbocycles. The van der Waals surface area contributed by atoms with Gasteiger partial charge in [0, 0.05) is 24.2 Å². The molecule has 2 aromatic rings. The van der Waals surface area contributed by atoms with Gasteiger partial charge in [0.05, 0.1) is 25.3 Å². The number of aliphatic hydroxyl groups is 1. The summed E-state index contributed by atoms with van der Waals surface area (Å²) in [4.78, 5) is 6.86. The Morgan fingerprint density at radius 3 is 2.37 bits per heavy atom. The highest BCUT2D eigenvalue weighted by Gasteiger charge is 2.42. The van der Waals surface area contributed by atoms with Crippen molar-refractivity contribution < 1.29 is 27.0 Å². The average Bonchev–Trinajstić information content (AvgIpc) is 2.98. The largest absolute Gasteiger partial charge is 0.497 e. The van der Waals surface area contributed by atoms with Crippen molar-refractivity contribution in [1.82, 2.24) is 9.88 Å². The predicted octanol–water partition coefficient (Wildman–Crippen LogP) is 6.90. The molecule has 5 atom stereocenters. The fourth-order valence-corrected chi connectivity index (χ4v) is 6.53. The molecule has 8 nitrogen and oxygen atoms in total. The standard InChI is InChI=1S/C20H24N2O2.C12H26O4S/c1-3-13-12-22-9-7-14(13)10-19(22)20(23)16-6-8-21-18-5-4-15(24-2)11-17(16)18;1-2-3-4-5-6-7-8-9-10-11-12-16-17(13,14)15/h3-6,8,11,13-14,19-20,23H,1,7,9-10,12H2,2H3;2-12H2,1H3,(H,13,14,15)/t13-,14-,19-,20+;/m0./s1. The molecule has 230 valence electrons. The summed E-state index contributed by atoms with van der Waals surface area (Å²) in [6, 6.07) is 7.96. The van der Waals surface area contributed by atoms with Gasteiger partial charge in [0.1, 0.15) is 5.75 Å². The Morgan fingerprint density at radius 2 is 1.78 bits per heavy atom. The van der Waals surface area contributed by atoms with Gasteiger partial charge in [-0.2, -0.15) is 8.42 Å². The van der Waals surface area contributed by atoms with Crippen molar-refractivity contribution in [2.24, 2.45) is 11.8 Å². The maximum atomic E-state index is 11.2. The lowest BCUT2D eigenvalue weighted by molar-refractivity contribution is -0.0444. The van der Waals surface area contributed by atoms with Crippen LogP contribution in [0, 0.1) is 11.8 Å². The summed E-state index contributed by atoms with van der Waals surface area (Å²) in [6.07, 6.45) is 17.5. The van der Waals surface area contributed by atoms with E-state index in [4.69, 9.17) is 9.29 Å². The summed E-state index contributed by atoms with van der Waals surface area (Å²) in [5.41, 5.74) is 1.85. The zero-order valence-electron chi connectivity index (χ0n) is 24.9. The first-order valence-electron chi connectivity index (χ1n) is 15.4. The van der Waals surface area contributed by atoms with Crippen LogP contribution in [0.15, 0.2) is 43.1 Å². The third kappa shape index (κ3) is 10.6. The van der Waals surface area contributed by atoms with Crippen molar-refractivity contribution in [2.45, 2.75) is 96.1 Å². The summed E-state index contributed by atoms with van der Waals surface area (Å²) in [7, 11) is -2.57. The van der Waals surface area contributed by atoms with Crippen molar-refractivity contribution in [1.29, 1.82) is 0 Å². The van der Waals surface area contributed by atoms with Crippen molar-refractivity contribution in [3.8, 4) is 5.75 Å². The zero-order valence-corrected chi connectivity index (χ0v) is 25.7. The topological polar surface area (TPSA) is 109 Å². The Kier molecular flexibility index (Phi) is 14.0. The maximum Gasteiger partial charge on any atom is 0.397 e. The second-order valence-corrected chi connectivity index (χ2v) is 12.5. The van der Waals surface area contributed by atoms with E-state index in [0.29, 0.717) is 18.3 Å². The molecule has 0 spiro atoms. The van der Waals surface area contributed by atoms with Crippen LogP contribution < -0.4 is 4.74 Å². The first kappa shape index (κ1) is 33.5. The molecule has 2 bridgehead atoms. The lowest BCUT2D eigenvalue weighted by atomic mass is 9.73. The number of fused-ring (bicyclic) bond motifs is 4. The second kappa shape index (κ2) is 17.2. The van der Waals surface area contributed by atoms with E-state index in [2.05, 4.69) is 33.6 Å². The van der Waals surface area contributed by atoms with Crippen LogP contribution in [0.5, 0.6) is 5.75 Å². The van der Waals surface area contributed by atoms with E-state index < -0.39 is 16.5 Å². The Bertz CT molecular complexity index is 1170. The summed E-state index contributed by atoms with van der Waals surface area (Å²) in [5.74, 6) is 2.01. The summed E-state index contributed by atoms with van der Waals surface area (Å²) < 4.78 is 38.3. The van der Waals surface area contributed by atoms with E-state index in [-0.39, 0.29) is 12.6 Å². The van der Waals surface area contributed by atoms with Crippen molar-refractivity contribution in [3.05, 3.63) is 48.7 Å². The van der Waals surface area contributed by atoms with Crippen LogP contribution in [0.3, 0.4) is 0 Å². The van der Waals surface area contributed by atoms with E-state index in [0.717, 1.165) is 54.6 Å². The lowest BCUT2D eigenvalue weighted by Gasteiger charge is -2.50. The van der Waals surface area contributed by atoms with Gasteiger partial charge in [-0.05, 0) is 67.5 Å². The Labute approximate surface area is 247 Å². The molecular weight excluding hydrogens is 540 g/mol. The number of hydrogen-bond donors (Lipinski definition) is 2. The van der Waals surface area contributed by atoms with Gasteiger partial charge in [0.15, 0.2) is 0 Å². The maximum absolute atomic E-state index is 11.2. The first-order valence-corrected chi connectivity index (χ1v) is 16.7. The van der Waals surface area contributed by atoms with E-state index in [1.165, 1.54) is 51.4 Å². The van der Waals surface area contributed by atoms with E-state index >= 15 is 0 Å². The van der Waals surface area contributed by atoms with Crippen LogP contribution in [0.1, 0.15) is 95.6 Å². The number of hydrogen-bond acceptors (Lipinski definition) is 7. The van der Waals surface area contributed by atoms with E-state index in [9.17, 15) is 13.5 Å². The molecule has 1 unspecified atom stereocenters. The number of nitrogens with zero attached hydrogens (tertiary/aromatic N) is 2. The minimum absolute atomic E-state index is 0.0926. The SMILES string of the molecule is C=C[C@H]1CN2CC[C@H]1C[C@H]2[C@H](O)c1ccnc2ccc(OC)cc12.CCCCCCCCCCCCOS(=O)(=O)O. The number of rotatable bonds is 16. The molecular formula is C32H50N2O6S. The number of aromatic nitrogens is 1. The molecule has 3 fully saturated rings. The molecule has 0 aliphatic carbocycles. The van der Waals surface area contributed by atoms with Gasteiger partial charge in [-0.3, -0.25) is 14.4 Å². The monoisotopic (exact) mass is 590 g/mol. The molecule has 9 heteroatoms. The highest BCUT2D eigenvalue weighted by atomic mass is 32.3. The Balaban J connectivity index is 0.000000242. The molecule has 3 aliphatic heterocycles. The fraction of sp³-hybridized carbons (Fsp3) is 0.656. The van der Waals surface area contributed by atoms with Crippen molar-refractivity contribution >= 4 is 21.3 Å². The van der Waals surface area contributed by atoms with Gasteiger partial charge < -0.3 is 9.84 Å². The van der Waals surface area contributed by atoms with Crippen LogP contribution in [0.25, 0.3) is 10.9 Å². The van der Waals surface area contributed by atoms with Crippen LogP contribution >= 0.6 is 0 Å². The number of ether oxygens (including phenoxy) is 1. The zero-order chi connectivity index (χ0) is 29.7. The number of unbranched alkanes of at least 4 members (excludes halogenated alkanes) is 9. The van der Waals surface area contributed by atoms with Crippen LogP contribution in [-0.2, 0) is 14.6 Å². The van der Waals surface area contributed by atoms with Crippen molar-refractivity contribution in [2.75, 3.05) is 26.8 Å².